The Morgan fingerprint density at radius 2 is 1.22 bits per heavy atom. The van der Waals surface area contributed by atoms with Crippen LogP contribution in [0.15, 0.2) is 12.4 Å². The van der Waals surface area contributed by atoms with Crippen LogP contribution in [0.5, 0.6) is 0 Å². The Labute approximate surface area is 168 Å². The summed E-state index contributed by atoms with van der Waals surface area (Å²) in [7, 11) is 0. The van der Waals surface area contributed by atoms with E-state index in [2.05, 4.69) is 36.2 Å². The first kappa shape index (κ1) is 20.8. The molecule has 1 heterocycles. The van der Waals surface area contributed by atoms with Crippen molar-refractivity contribution < 1.29 is 0 Å². The monoisotopic (exact) mass is 370 g/mol. The average molecular weight is 371 g/mol. The molecule has 1 aromatic heterocycles. The molecule has 0 unspecified atom stereocenters. The molecule has 0 N–H and O–H groups in total. The highest BCUT2D eigenvalue weighted by Gasteiger charge is 2.26. The van der Waals surface area contributed by atoms with Gasteiger partial charge in [0.1, 0.15) is 5.82 Å². The van der Waals surface area contributed by atoms with Gasteiger partial charge in [0.2, 0.25) is 0 Å². The number of unbranched alkanes of at least 4 members (excludes halogenated alkanes) is 1. The SMILES string of the molecule is CCCCC1CCC(CCC2CCC(c3ncc(CCC)cn3)CC2)CC1. The fourth-order valence-corrected chi connectivity index (χ4v) is 5.48. The Balaban J connectivity index is 1.33. The van der Waals surface area contributed by atoms with Crippen LogP contribution in [0.1, 0.15) is 121 Å². The molecule has 1 aromatic rings. The van der Waals surface area contributed by atoms with Gasteiger partial charge in [-0.1, -0.05) is 78.1 Å². The molecular weight excluding hydrogens is 328 g/mol. The number of hydrogen-bond acceptors (Lipinski definition) is 2. The summed E-state index contributed by atoms with van der Waals surface area (Å²) in [4.78, 5) is 9.37. The lowest BCUT2D eigenvalue weighted by Crippen LogP contribution is -2.18. The van der Waals surface area contributed by atoms with Crippen molar-refractivity contribution in [1.82, 2.24) is 9.97 Å². The lowest BCUT2D eigenvalue weighted by atomic mass is 9.75. The van der Waals surface area contributed by atoms with Crippen LogP contribution < -0.4 is 0 Å². The van der Waals surface area contributed by atoms with Gasteiger partial charge in [0.05, 0.1) is 0 Å². The molecule has 152 valence electrons. The van der Waals surface area contributed by atoms with Crippen molar-refractivity contribution in [3.63, 3.8) is 0 Å². The molecular formula is C25H42N2. The molecule has 0 saturated heterocycles. The molecule has 3 rings (SSSR count). The molecule has 0 spiro atoms. The summed E-state index contributed by atoms with van der Waals surface area (Å²) >= 11 is 0. The minimum Gasteiger partial charge on any atom is -0.241 e. The van der Waals surface area contributed by atoms with E-state index < -0.39 is 0 Å². The first-order valence-electron chi connectivity index (χ1n) is 12.1. The van der Waals surface area contributed by atoms with Gasteiger partial charge in [0, 0.05) is 18.3 Å². The maximum atomic E-state index is 4.68. The van der Waals surface area contributed by atoms with E-state index in [9.17, 15) is 0 Å². The van der Waals surface area contributed by atoms with E-state index in [0.29, 0.717) is 5.92 Å². The van der Waals surface area contributed by atoms with E-state index in [1.54, 1.807) is 0 Å². The fourth-order valence-electron chi connectivity index (χ4n) is 5.48. The Kier molecular flexibility index (Phi) is 8.61. The molecule has 2 nitrogen and oxygen atoms in total. The standard InChI is InChI=1S/C25H42N2/c1-3-5-7-20-8-10-21(11-9-20)12-13-22-14-16-24(17-15-22)25-26-18-23(6-4-2)19-27-25/h18-22,24H,3-17H2,1-2H3. The topological polar surface area (TPSA) is 25.8 Å². The third-order valence-corrected chi connectivity index (χ3v) is 7.39. The molecule has 2 saturated carbocycles. The third-order valence-electron chi connectivity index (χ3n) is 7.39. The van der Waals surface area contributed by atoms with E-state index in [-0.39, 0.29) is 0 Å². The van der Waals surface area contributed by atoms with Crippen LogP contribution in [0, 0.1) is 17.8 Å². The first-order valence-corrected chi connectivity index (χ1v) is 12.1. The van der Waals surface area contributed by atoms with Crippen LogP contribution in [-0.4, -0.2) is 9.97 Å². The third kappa shape index (κ3) is 6.57. The zero-order chi connectivity index (χ0) is 18.9. The molecule has 0 amide bonds. The van der Waals surface area contributed by atoms with Gasteiger partial charge in [0.15, 0.2) is 0 Å². The normalized spacial score (nSPS) is 29.0. The van der Waals surface area contributed by atoms with Gasteiger partial charge < -0.3 is 0 Å². The van der Waals surface area contributed by atoms with Crippen molar-refractivity contribution in [3.8, 4) is 0 Å². The maximum Gasteiger partial charge on any atom is 0.131 e. The largest absolute Gasteiger partial charge is 0.241 e. The molecule has 0 bridgehead atoms. The van der Waals surface area contributed by atoms with Gasteiger partial charge in [-0.15, -0.1) is 0 Å². The molecule has 0 radical (unpaired) electrons. The number of nitrogens with zero attached hydrogens (tertiary/aromatic N) is 2. The lowest BCUT2D eigenvalue weighted by Gasteiger charge is -2.31. The predicted octanol–water partition coefficient (Wildman–Crippen LogP) is 7.48. The Bertz CT molecular complexity index is 508. The summed E-state index contributed by atoms with van der Waals surface area (Å²) in [5.74, 6) is 4.79. The van der Waals surface area contributed by atoms with Gasteiger partial charge in [-0.25, -0.2) is 9.97 Å². The first-order chi connectivity index (χ1) is 13.3. The highest BCUT2D eigenvalue weighted by Crippen LogP contribution is 2.39. The molecule has 2 aliphatic carbocycles. The minimum atomic E-state index is 0.617. The van der Waals surface area contributed by atoms with E-state index >= 15 is 0 Å². The summed E-state index contributed by atoms with van der Waals surface area (Å²) in [6, 6.07) is 0. The van der Waals surface area contributed by atoms with Gasteiger partial charge in [0.25, 0.3) is 0 Å². The highest BCUT2D eigenvalue weighted by atomic mass is 14.9. The summed E-state index contributed by atoms with van der Waals surface area (Å²) in [5, 5.41) is 0. The smallest absolute Gasteiger partial charge is 0.131 e. The highest BCUT2D eigenvalue weighted by molar-refractivity contribution is 5.08. The minimum absolute atomic E-state index is 0.617. The van der Waals surface area contributed by atoms with Crippen molar-refractivity contribution in [2.24, 2.45) is 17.8 Å². The molecule has 2 heteroatoms. The Morgan fingerprint density at radius 3 is 1.74 bits per heavy atom. The predicted molar refractivity (Wildman–Crippen MR) is 115 cm³/mol. The summed E-state index contributed by atoms with van der Waals surface area (Å²) < 4.78 is 0. The number of aryl methyl sites for hydroxylation is 1. The second-order valence-electron chi connectivity index (χ2n) is 9.52. The van der Waals surface area contributed by atoms with E-state index in [0.717, 1.165) is 30.0 Å². The van der Waals surface area contributed by atoms with Crippen molar-refractivity contribution >= 4 is 0 Å². The fraction of sp³-hybridized carbons (Fsp3) is 0.840. The number of hydrogen-bond donors (Lipinski definition) is 0. The van der Waals surface area contributed by atoms with Crippen LogP contribution >= 0.6 is 0 Å². The molecule has 2 aliphatic rings. The van der Waals surface area contributed by atoms with Crippen LogP contribution in [0.2, 0.25) is 0 Å². The molecule has 0 aliphatic heterocycles. The Hall–Kier alpha value is -0.920. The summed E-state index contributed by atoms with van der Waals surface area (Å²) in [6.07, 6.45) is 25.2. The van der Waals surface area contributed by atoms with Crippen molar-refractivity contribution in [2.45, 2.75) is 116 Å². The van der Waals surface area contributed by atoms with E-state index in [4.69, 9.17) is 0 Å². The quantitative estimate of drug-likeness (QED) is 0.450. The van der Waals surface area contributed by atoms with Gasteiger partial charge in [-0.2, -0.15) is 0 Å². The van der Waals surface area contributed by atoms with Crippen LogP contribution in [0.4, 0.5) is 0 Å². The van der Waals surface area contributed by atoms with Gasteiger partial charge in [-0.3, -0.25) is 0 Å². The Morgan fingerprint density at radius 1 is 0.704 bits per heavy atom. The molecule has 27 heavy (non-hydrogen) atoms. The van der Waals surface area contributed by atoms with Gasteiger partial charge >= 0.3 is 0 Å². The lowest BCUT2D eigenvalue weighted by molar-refractivity contribution is 0.222. The van der Waals surface area contributed by atoms with Crippen molar-refractivity contribution in [2.75, 3.05) is 0 Å². The van der Waals surface area contributed by atoms with Crippen molar-refractivity contribution in [3.05, 3.63) is 23.8 Å². The number of aromatic nitrogens is 2. The second kappa shape index (κ2) is 11.2. The van der Waals surface area contributed by atoms with Crippen LogP contribution in [-0.2, 0) is 6.42 Å². The van der Waals surface area contributed by atoms with Crippen LogP contribution in [0.25, 0.3) is 0 Å². The summed E-state index contributed by atoms with van der Waals surface area (Å²) in [5.41, 5.74) is 1.29. The molecule has 0 aromatic carbocycles. The number of rotatable bonds is 9. The maximum absolute atomic E-state index is 4.68. The average Bonchev–Trinajstić information content (AvgIpc) is 2.73. The second-order valence-corrected chi connectivity index (χ2v) is 9.52. The van der Waals surface area contributed by atoms with Gasteiger partial charge in [-0.05, 0) is 55.4 Å². The zero-order valence-electron chi connectivity index (χ0n) is 18.0. The van der Waals surface area contributed by atoms with E-state index in [1.165, 1.54) is 95.5 Å². The summed E-state index contributed by atoms with van der Waals surface area (Å²) in [6.45, 7) is 4.54. The van der Waals surface area contributed by atoms with E-state index in [1.807, 2.05) is 0 Å². The van der Waals surface area contributed by atoms with Crippen molar-refractivity contribution in [1.29, 1.82) is 0 Å². The zero-order valence-corrected chi connectivity index (χ0v) is 18.0. The molecule has 0 atom stereocenters. The molecule has 2 fully saturated rings. The van der Waals surface area contributed by atoms with Crippen LogP contribution in [0.3, 0.4) is 0 Å².